The van der Waals surface area contributed by atoms with Crippen LogP contribution in [0.25, 0.3) is 0 Å². The Labute approximate surface area is 122 Å². The van der Waals surface area contributed by atoms with Gasteiger partial charge in [-0.3, -0.25) is 4.99 Å². The van der Waals surface area contributed by atoms with E-state index < -0.39 is 0 Å². The van der Waals surface area contributed by atoms with Crippen molar-refractivity contribution in [2.24, 2.45) is 4.99 Å². The van der Waals surface area contributed by atoms with E-state index in [2.05, 4.69) is 60.2 Å². The Morgan fingerprint density at radius 1 is 1.39 bits per heavy atom. The van der Waals surface area contributed by atoms with Gasteiger partial charge in [0, 0.05) is 15.9 Å². The quantitative estimate of drug-likeness (QED) is 0.860. The molecule has 1 aliphatic heterocycles. The van der Waals surface area contributed by atoms with Gasteiger partial charge in [0.25, 0.3) is 0 Å². The molecule has 1 heterocycles. The highest BCUT2D eigenvalue weighted by molar-refractivity contribution is 9.10. The molecule has 1 N–H and O–H groups in total. The predicted molar refractivity (Wildman–Crippen MR) is 85.7 cm³/mol. The maximum Gasteiger partial charge on any atom is 0.161 e. The molecule has 0 spiro atoms. The van der Waals surface area contributed by atoms with Gasteiger partial charge < -0.3 is 5.32 Å². The minimum Gasteiger partial charge on any atom is -0.335 e. The third-order valence-corrected chi connectivity index (χ3v) is 5.22. The van der Waals surface area contributed by atoms with Gasteiger partial charge in [0.2, 0.25) is 0 Å². The van der Waals surface area contributed by atoms with Crippen LogP contribution in [0.15, 0.2) is 27.7 Å². The van der Waals surface area contributed by atoms with Crippen molar-refractivity contribution < 1.29 is 0 Å². The predicted octanol–water partition coefficient (Wildman–Crippen LogP) is 4.83. The second kappa shape index (κ2) is 5.66. The van der Waals surface area contributed by atoms with Crippen molar-refractivity contribution in [2.75, 3.05) is 11.1 Å². The summed E-state index contributed by atoms with van der Waals surface area (Å²) in [5, 5.41) is 4.51. The molecule has 1 aliphatic rings. The zero-order valence-electron chi connectivity index (χ0n) is 11.1. The summed E-state index contributed by atoms with van der Waals surface area (Å²) in [5.74, 6) is 1.09. The number of aliphatic imine (C=N–C) groups is 1. The number of amidine groups is 1. The number of nitrogens with zero attached hydrogens (tertiary/aromatic N) is 1. The van der Waals surface area contributed by atoms with Gasteiger partial charge in [-0.2, -0.15) is 0 Å². The van der Waals surface area contributed by atoms with Crippen LogP contribution < -0.4 is 5.32 Å². The Morgan fingerprint density at radius 3 is 2.72 bits per heavy atom. The third-order valence-electron chi connectivity index (χ3n) is 3.57. The van der Waals surface area contributed by atoms with Crippen molar-refractivity contribution in [3.63, 3.8) is 0 Å². The molecular weight excluding hydrogens is 308 g/mol. The first kappa shape index (κ1) is 13.9. The van der Waals surface area contributed by atoms with Crippen LogP contribution in [-0.2, 0) is 0 Å². The molecule has 4 heteroatoms. The smallest absolute Gasteiger partial charge is 0.161 e. The molecule has 2 rings (SSSR count). The lowest BCUT2D eigenvalue weighted by Crippen LogP contribution is -2.24. The first-order chi connectivity index (χ1) is 8.58. The Morgan fingerprint density at radius 2 is 2.11 bits per heavy atom. The van der Waals surface area contributed by atoms with E-state index in [0.717, 1.165) is 33.9 Å². The maximum atomic E-state index is 4.88. The second-order valence-corrected chi connectivity index (χ2v) is 6.60. The first-order valence-corrected chi connectivity index (χ1v) is 8.12. The van der Waals surface area contributed by atoms with Crippen molar-refractivity contribution in [1.29, 1.82) is 0 Å². The fourth-order valence-corrected chi connectivity index (χ4v) is 3.68. The first-order valence-electron chi connectivity index (χ1n) is 6.34. The number of thioether (sulfide) groups is 1. The Kier molecular flexibility index (Phi) is 4.38. The number of anilines is 1. The molecule has 0 unspecified atom stereocenters. The molecule has 0 radical (unpaired) electrons. The highest BCUT2D eigenvalue weighted by atomic mass is 79.9. The van der Waals surface area contributed by atoms with Crippen molar-refractivity contribution in [3.8, 4) is 0 Å². The Hall–Kier alpha value is -0.480. The summed E-state index contributed by atoms with van der Waals surface area (Å²) >= 11 is 5.34. The Balaban J connectivity index is 2.18. The van der Waals surface area contributed by atoms with Crippen LogP contribution in [0.5, 0.6) is 0 Å². The van der Waals surface area contributed by atoms with E-state index in [1.807, 2.05) is 11.8 Å². The lowest BCUT2D eigenvalue weighted by atomic mass is 9.97. The summed E-state index contributed by atoms with van der Waals surface area (Å²) < 4.78 is 1.09. The SMILES string of the molecule is CCC1(CC)CSC(Nc2cc(Br)ccc2C)=N1. The van der Waals surface area contributed by atoms with E-state index in [0.29, 0.717) is 0 Å². The summed E-state index contributed by atoms with van der Waals surface area (Å²) in [6.45, 7) is 6.56. The molecular formula is C14H19BrN2S. The number of aryl methyl sites for hydroxylation is 1. The molecule has 1 aromatic carbocycles. The van der Waals surface area contributed by atoms with Crippen LogP contribution >= 0.6 is 27.7 Å². The van der Waals surface area contributed by atoms with E-state index >= 15 is 0 Å². The minimum absolute atomic E-state index is 0.146. The maximum absolute atomic E-state index is 4.88. The van der Waals surface area contributed by atoms with Gasteiger partial charge in [-0.15, -0.1) is 0 Å². The van der Waals surface area contributed by atoms with Gasteiger partial charge in [-0.1, -0.05) is 47.6 Å². The van der Waals surface area contributed by atoms with Gasteiger partial charge >= 0.3 is 0 Å². The normalized spacial score (nSPS) is 17.7. The number of hydrogen-bond donors (Lipinski definition) is 1. The minimum atomic E-state index is 0.146. The zero-order chi connectivity index (χ0) is 13.2. The van der Waals surface area contributed by atoms with Crippen molar-refractivity contribution in [1.82, 2.24) is 0 Å². The molecule has 1 aromatic rings. The van der Waals surface area contributed by atoms with Gasteiger partial charge in [0.1, 0.15) is 0 Å². The molecule has 0 saturated carbocycles. The topological polar surface area (TPSA) is 24.4 Å². The largest absolute Gasteiger partial charge is 0.335 e. The summed E-state index contributed by atoms with van der Waals surface area (Å²) in [6.07, 6.45) is 2.22. The van der Waals surface area contributed by atoms with E-state index in [4.69, 9.17) is 4.99 Å². The number of benzene rings is 1. The summed E-state index contributed by atoms with van der Waals surface area (Å²) in [6, 6.07) is 6.28. The van der Waals surface area contributed by atoms with Crippen LogP contribution in [0.1, 0.15) is 32.3 Å². The third kappa shape index (κ3) is 2.91. The second-order valence-electron chi connectivity index (χ2n) is 4.72. The number of nitrogens with one attached hydrogen (secondary N) is 1. The van der Waals surface area contributed by atoms with E-state index in [-0.39, 0.29) is 5.54 Å². The standard InChI is InChI=1S/C14H19BrN2S/c1-4-14(5-2)9-18-13(17-14)16-12-8-11(15)7-6-10(12)3/h6-8H,4-5,9H2,1-3H3,(H,16,17). The summed E-state index contributed by atoms with van der Waals surface area (Å²) in [7, 11) is 0. The van der Waals surface area contributed by atoms with Gasteiger partial charge in [0.15, 0.2) is 5.17 Å². The number of rotatable bonds is 3. The molecule has 0 aliphatic carbocycles. The molecule has 18 heavy (non-hydrogen) atoms. The lowest BCUT2D eigenvalue weighted by Gasteiger charge is -2.20. The van der Waals surface area contributed by atoms with Crippen LogP contribution in [-0.4, -0.2) is 16.5 Å². The molecule has 98 valence electrons. The van der Waals surface area contributed by atoms with Crippen LogP contribution in [0.3, 0.4) is 0 Å². The van der Waals surface area contributed by atoms with Gasteiger partial charge in [-0.25, -0.2) is 0 Å². The molecule has 2 nitrogen and oxygen atoms in total. The number of hydrogen-bond acceptors (Lipinski definition) is 3. The van der Waals surface area contributed by atoms with E-state index in [1.54, 1.807) is 0 Å². The Bertz CT molecular complexity index is 467. The average molecular weight is 327 g/mol. The average Bonchev–Trinajstić information content (AvgIpc) is 2.78. The molecule has 0 aromatic heterocycles. The number of halogens is 1. The summed E-state index contributed by atoms with van der Waals surface area (Å²) in [4.78, 5) is 4.88. The zero-order valence-corrected chi connectivity index (χ0v) is 13.5. The fourth-order valence-electron chi connectivity index (χ4n) is 2.00. The highest BCUT2D eigenvalue weighted by Gasteiger charge is 2.32. The van der Waals surface area contributed by atoms with Crippen molar-refractivity contribution in [3.05, 3.63) is 28.2 Å². The molecule has 0 fully saturated rings. The summed E-state index contributed by atoms with van der Waals surface area (Å²) in [5.41, 5.74) is 2.53. The van der Waals surface area contributed by atoms with Crippen LogP contribution in [0, 0.1) is 6.92 Å². The van der Waals surface area contributed by atoms with Gasteiger partial charge in [0.05, 0.1) is 5.54 Å². The van der Waals surface area contributed by atoms with Gasteiger partial charge in [-0.05, 0) is 37.5 Å². The lowest BCUT2D eigenvalue weighted by molar-refractivity contribution is 0.456. The highest BCUT2D eigenvalue weighted by Crippen LogP contribution is 2.34. The van der Waals surface area contributed by atoms with Crippen molar-refractivity contribution >= 4 is 38.5 Å². The van der Waals surface area contributed by atoms with Crippen LogP contribution in [0.4, 0.5) is 5.69 Å². The molecule has 0 saturated heterocycles. The molecule has 0 atom stereocenters. The van der Waals surface area contributed by atoms with Crippen molar-refractivity contribution in [2.45, 2.75) is 39.2 Å². The molecule has 0 bridgehead atoms. The monoisotopic (exact) mass is 326 g/mol. The van der Waals surface area contributed by atoms with Crippen LogP contribution in [0.2, 0.25) is 0 Å². The fraction of sp³-hybridized carbons (Fsp3) is 0.500. The van der Waals surface area contributed by atoms with E-state index in [1.165, 1.54) is 5.56 Å². The molecule has 0 amide bonds. The van der Waals surface area contributed by atoms with E-state index in [9.17, 15) is 0 Å².